The number of H-pyrrole nitrogens is 1. The van der Waals surface area contributed by atoms with Gasteiger partial charge >= 0.3 is 0 Å². The number of likely N-dealkylation sites (tertiary alicyclic amines) is 1. The molecular formula is C14H20N4OS. The van der Waals surface area contributed by atoms with Crippen molar-refractivity contribution in [2.24, 2.45) is 11.1 Å². The van der Waals surface area contributed by atoms with E-state index < -0.39 is 0 Å². The van der Waals surface area contributed by atoms with Crippen molar-refractivity contribution in [3.8, 4) is 0 Å². The molecule has 0 aliphatic carbocycles. The van der Waals surface area contributed by atoms with Crippen molar-refractivity contribution < 1.29 is 0 Å². The topological polar surface area (TPSA) is 75.0 Å². The number of nitrogens with one attached hydrogen (secondary N) is 1. The summed E-state index contributed by atoms with van der Waals surface area (Å²) in [4.78, 5) is 21.7. The van der Waals surface area contributed by atoms with Crippen molar-refractivity contribution in [2.75, 3.05) is 13.1 Å². The summed E-state index contributed by atoms with van der Waals surface area (Å²) in [7, 11) is 0. The number of hydrogen-bond acceptors (Lipinski definition) is 5. The van der Waals surface area contributed by atoms with Crippen molar-refractivity contribution >= 4 is 21.6 Å². The Balaban J connectivity index is 1.81. The summed E-state index contributed by atoms with van der Waals surface area (Å²) in [6.07, 6.45) is 0.984. The van der Waals surface area contributed by atoms with Crippen molar-refractivity contribution in [3.05, 3.63) is 27.6 Å². The number of thiophene rings is 1. The molecule has 0 radical (unpaired) electrons. The van der Waals surface area contributed by atoms with Gasteiger partial charge in [-0.1, -0.05) is 13.8 Å². The van der Waals surface area contributed by atoms with Crippen LogP contribution >= 0.6 is 11.3 Å². The highest BCUT2D eigenvalue weighted by Gasteiger charge is 2.33. The van der Waals surface area contributed by atoms with Gasteiger partial charge in [-0.25, -0.2) is 4.98 Å². The molecule has 0 aromatic carbocycles. The van der Waals surface area contributed by atoms with Crippen molar-refractivity contribution in [2.45, 2.75) is 32.9 Å². The van der Waals surface area contributed by atoms with E-state index in [0.29, 0.717) is 11.2 Å². The fraction of sp³-hybridized carbons (Fsp3) is 0.571. The van der Waals surface area contributed by atoms with Crippen molar-refractivity contribution in [1.29, 1.82) is 0 Å². The van der Waals surface area contributed by atoms with E-state index in [1.807, 2.05) is 11.4 Å². The highest BCUT2D eigenvalue weighted by Crippen LogP contribution is 2.28. The molecule has 2 aromatic rings. The molecular weight excluding hydrogens is 272 g/mol. The van der Waals surface area contributed by atoms with Gasteiger partial charge in [0.05, 0.1) is 12.1 Å². The van der Waals surface area contributed by atoms with Crippen molar-refractivity contribution in [1.82, 2.24) is 14.9 Å². The summed E-state index contributed by atoms with van der Waals surface area (Å²) in [5, 5.41) is 1.90. The average molecular weight is 292 g/mol. The summed E-state index contributed by atoms with van der Waals surface area (Å²) < 4.78 is 0.703. The number of aromatic nitrogens is 2. The third kappa shape index (κ3) is 2.51. The number of rotatable bonds is 2. The third-order valence-corrected chi connectivity index (χ3v) is 5.03. The number of piperidine rings is 1. The van der Waals surface area contributed by atoms with E-state index in [4.69, 9.17) is 5.73 Å². The molecule has 2 aromatic heterocycles. The molecule has 3 rings (SSSR count). The molecule has 0 bridgehead atoms. The van der Waals surface area contributed by atoms with Crippen LogP contribution in [0, 0.1) is 5.41 Å². The first-order chi connectivity index (χ1) is 9.45. The number of hydrogen-bond donors (Lipinski definition) is 2. The number of nitrogens with two attached hydrogens (primary N) is 1. The molecule has 3 N–H and O–H groups in total. The normalized spacial score (nSPS) is 23.2. The Morgan fingerprint density at radius 3 is 3.15 bits per heavy atom. The largest absolute Gasteiger partial charge is 0.327 e. The van der Waals surface area contributed by atoms with Crippen LogP contribution in [-0.4, -0.2) is 34.0 Å². The predicted octanol–water partition coefficient (Wildman–Crippen LogP) is 1.54. The van der Waals surface area contributed by atoms with E-state index in [2.05, 4.69) is 28.7 Å². The summed E-state index contributed by atoms with van der Waals surface area (Å²) in [6.45, 7) is 6.96. The zero-order valence-corrected chi connectivity index (χ0v) is 12.7. The van der Waals surface area contributed by atoms with Crippen LogP contribution in [0.5, 0.6) is 0 Å². The number of nitrogens with zero attached hydrogens (tertiary/aromatic N) is 2. The van der Waals surface area contributed by atoms with E-state index in [-0.39, 0.29) is 17.0 Å². The lowest BCUT2D eigenvalue weighted by molar-refractivity contribution is 0.0879. The molecule has 3 heterocycles. The molecule has 108 valence electrons. The van der Waals surface area contributed by atoms with Gasteiger partial charge in [-0.2, -0.15) is 0 Å². The zero-order chi connectivity index (χ0) is 14.3. The van der Waals surface area contributed by atoms with Crippen LogP contribution in [0.3, 0.4) is 0 Å². The number of fused-ring (bicyclic) bond motifs is 1. The van der Waals surface area contributed by atoms with E-state index in [9.17, 15) is 4.79 Å². The third-order valence-electron chi connectivity index (χ3n) is 4.13. The molecule has 5 nitrogen and oxygen atoms in total. The van der Waals surface area contributed by atoms with Crippen LogP contribution in [-0.2, 0) is 6.54 Å². The Hall–Kier alpha value is -1.24. The maximum atomic E-state index is 12.0. The van der Waals surface area contributed by atoms with Gasteiger partial charge in [-0.05, 0) is 23.3 Å². The molecule has 1 fully saturated rings. The fourth-order valence-electron chi connectivity index (χ4n) is 2.83. The lowest BCUT2D eigenvalue weighted by atomic mass is 9.80. The van der Waals surface area contributed by atoms with Gasteiger partial charge in [0.2, 0.25) is 0 Å². The van der Waals surface area contributed by atoms with Crippen molar-refractivity contribution in [3.63, 3.8) is 0 Å². The van der Waals surface area contributed by atoms with E-state index in [1.54, 1.807) is 0 Å². The minimum atomic E-state index is -0.0343. The molecule has 1 aliphatic rings. The van der Waals surface area contributed by atoms with Crippen LogP contribution in [0.2, 0.25) is 0 Å². The summed E-state index contributed by atoms with van der Waals surface area (Å²) in [5.74, 6) is 0.743. The SMILES string of the molecule is CC1(C)CN(Cc2nc3ccsc3c(=O)[nH]2)CCC1N. The second-order valence-corrected chi connectivity index (χ2v) is 7.16. The Morgan fingerprint density at radius 2 is 2.40 bits per heavy atom. The Bertz CT molecular complexity index is 675. The van der Waals surface area contributed by atoms with Crippen LogP contribution in [0.4, 0.5) is 0 Å². The molecule has 1 saturated heterocycles. The first-order valence-electron chi connectivity index (χ1n) is 6.90. The molecule has 20 heavy (non-hydrogen) atoms. The van der Waals surface area contributed by atoms with Gasteiger partial charge in [0.25, 0.3) is 5.56 Å². The van der Waals surface area contributed by atoms with Crippen LogP contribution in [0.1, 0.15) is 26.1 Å². The standard InChI is InChI=1S/C14H20N4OS/c1-14(2)8-18(5-3-10(14)15)7-11-16-9-4-6-20-12(9)13(19)17-11/h4,6,10H,3,5,7-8,15H2,1-2H3,(H,16,17,19). The van der Waals surface area contributed by atoms with Gasteiger partial charge in [0, 0.05) is 19.1 Å². The van der Waals surface area contributed by atoms with Gasteiger partial charge in [0.15, 0.2) is 0 Å². The van der Waals surface area contributed by atoms with Crippen LogP contribution < -0.4 is 11.3 Å². The Morgan fingerprint density at radius 1 is 1.60 bits per heavy atom. The zero-order valence-electron chi connectivity index (χ0n) is 11.8. The minimum Gasteiger partial charge on any atom is -0.327 e. The summed E-state index contributed by atoms with van der Waals surface area (Å²) >= 11 is 1.43. The van der Waals surface area contributed by atoms with Gasteiger partial charge in [-0.3, -0.25) is 9.69 Å². The maximum Gasteiger partial charge on any atom is 0.268 e. The van der Waals surface area contributed by atoms with Crippen LogP contribution in [0.25, 0.3) is 10.2 Å². The smallest absolute Gasteiger partial charge is 0.268 e. The highest BCUT2D eigenvalue weighted by atomic mass is 32.1. The van der Waals surface area contributed by atoms with Gasteiger partial charge < -0.3 is 10.7 Å². The van der Waals surface area contributed by atoms with Gasteiger partial charge in [0.1, 0.15) is 10.5 Å². The Kier molecular flexibility index (Phi) is 3.40. The van der Waals surface area contributed by atoms with Crippen LogP contribution in [0.15, 0.2) is 16.2 Å². The maximum absolute atomic E-state index is 12.0. The molecule has 1 atom stereocenters. The molecule has 0 saturated carbocycles. The second kappa shape index (κ2) is 4.95. The van der Waals surface area contributed by atoms with E-state index >= 15 is 0 Å². The van der Waals surface area contributed by atoms with E-state index in [0.717, 1.165) is 30.9 Å². The average Bonchev–Trinajstić information content (AvgIpc) is 2.82. The highest BCUT2D eigenvalue weighted by molar-refractivity contribution is 7.17. The quantitative estimate of drug-likeness (QED) is 0.880. The Labute approximate surface area is 121 Å². The second-order valence-electron chi connectivity index (χ2n) is 6.24. The summed E-state index contributed by atoms with van der Waals surface area (Å²) in [6, 6.07) is 2.14. The summed E-state index contributed by atoms with van der Waals surface area (Å²) in [5.41, 5.74) is 7.02. The minimum absolute atomic E-state index is 0.0343. The number of aromatic amines is 1. The predicted molar refractivity (Wildman–Crippen MR) is 81.9 cm³/mol. The first kappa shape index (κ1) is 13.7. The molecule has 1 aliphatic heterocycles. The first-order valence-corrected chi connectivity index (χ1v) is 7.78. The van der Waals surface area contributed by atoms with Gasteiger partial charge in [-0.15, -0.1) is 11.3 Å². The molecule has 0 spiro atoms. The lowest BCUT2D eigenvalue weighted by Gasteiger charge is -2.42. The lowest BCUT2D eigenvalue weighted by Crippen LogP contribution is -2.52. The fourth-order valence-corrected chi connectivity index (χ4v) is 3.55. The molecule has 6 heteroatoms. The monoisotopic (exact) mass is 292 g/mol. The molecule has 1 unspecified atom stereocenters. The molecule has 0 amide bonds. The van der Waals surface area contributed by atoms with E-state index in [1.165, 1.54) is 11.3 Å².